The maximum Gasteiger partial charge on any atom is 0.173 e. The normalized spacial score (nSPS) is 17.1. The summed E-state index contributed by atoms with van der Waals surface area (Å²) >= 11 is 5.39. The van der Waals surface area contributed by atoms with Crippen LogP contribution in [-0.4, -0.2) is 10.8 Å². The van der Waals surface area contributed by atoms with Crippen molar-refractivity contribution < 1.29 is 4.79 Å². The summed E-state index contributed by atoms with van der Waals surface area (Å²) in [5.74, 6) is -0.100. The van der Waals surface area contributed by atoms with Crippen molar-refractivity contribution >= 4 is 28.7 Å². The van der Waals surface area contributed by atoms with Crippen LogP contribution >= 0.6 is 12.2 Å². The zero-order valence-electron chi connectivity index (χ0n) is 10.3. The third-order valence-electron chi connectivity index (χ3n) is 3.38. The quantitative estimate of drug-likeness (QED) is 0.845. The maximum atomic E-state index is 12.3. The van der Waals surface area contributed by atoms with Gasteiger partial charge in [-0.25, -0.2) is 0 Å². The van der Waals surface area contributed by atoms with Gasteiger partial charge in [0.05, 0.1) is 10.9 Å². The van der Waals surface area contributed by atoms with Crippen molar-refractivity contribution in [2.24, 2.45) is 5.92 Å². The van der Waals surface area contributed by atoms with Gasteiger partial charge in [-0.1, -0.05) is 54.7 Å². The van der Waals surface area contributed by atoms with E-state index in [1.165, 1.54) is 0 Å². The van der Waals surface area contributed by atoms with Crippen LogP contribution in [-0.2, 0) is 6.42 Å². The predicted molar refractivity (Wildman–Crippen MR) is 80.6 cm³/mol. The van der Waals surface area contributed by atoms with Crippen molar-refractivity contribution in [3.05, 3.63) is 65.7 Å². The molecule has 1 aliphatic carbocycles. The van der Waals surface area contributed by atoms with Crippen LogP contribution in [0.5, 0.6) is 0 Å². The first kappa shape index (κ1) is 12.1. The van der Waals surface area contributed by atoms with Crippen molar-refractivity contribution in [1.29, 1.82) is 0 Å². The van der Waals surface area contributed by atoms with Crippen LogP contribution < -0.4 is 5.32 Å². The molecular weight excluding hydrogens is 254 g/mol. The highest BCUT2D eigenvalue weighted by Crippen LogP contribution is 2.28. The van der Waals surface area contributed by atoms with Crippen molar-refractivity contribution in [1.82, 2.24) is 0 Å². The topological polar surface area (TPSA) is 29.1 Å². The Morgan fingerprint density at radius 2 is 1.74 bits per heavy atom. The largest absolute Gasteiger partial charge is 0.349 e. The number of anilines is 1. The van der Waals surface area contributed by atoms with Crippen molar-refractivity contribution in [2.75, 3.05) is 5.32 Å². The van der Waals surface area contributed by atoms with Crippen LogP contribution in [0.2, 0.25) is 0 Å². The molecule has 3 heteroatoms. The molecule has 0 aliphatic heterocycles. The Morgan fingerprint density at radius 1 is 1.05 bits per heavy atom. The summed E-state index contributed by atoms with van der Waals surface area (Å²) < 4.78 is 0. The number of carbonyl (C=O) groups is 1. The number of Topliss-reactive ketones (excluding diaryl/α,β-unsaturated/α-hetero) is 1. The molecule has 1 N–H and O–H groups in total. The van der Waals surface area contributed by atoms with Gasteiger partial charge in [-0.05, 0) is 24.1 Å². The molecule has 0 spiro atoms. The molecule has 2 nitrogen and oxygen atoms in total. The van der Waals surface area contributed by atoms with Crippen LogP contribution in [0.1, 0.15) is 15.9 Å². The van der Waals surface area contributed by atoms with Crippen LogP contribution in [0.3, 0.4) is 0 Å². The Bertz CT molecular complexity index is 636. The zero-order chi connectivity index (χ0) is 13.2. The van der Waals surface area contributed by atoms with Gasteiger partial charge in [0.1, 0.15) is 0 Å². The van der Waals surface area contributed by atoms with E-state index in [-0.39, 0.29) is 11.7 Å². The number of hydrogen-bond acceptors (Lipinski definition) is 2. The molecule has 0 saturated heterocycles. The highest BCUT2D eigenvalue weighted by Gasteiger charge is 2.33. The Labute approximate surface area is 117 Å². The van der Waals surface area contributed by atoms with E-state index in [2.05, 4.69) is 5.32 Å². The second-order valence-corrected chi connectivity index (χ2v) is 5.07. The van der Waals surface area contributed by atoms with Crippen LogP contribution in [0.4, 0.5) is 5.69 Å². The van der Waals surface area contributed by atoms with E-state index < -0.39 is 0 Å². The SMILES string of the molecule is O=C1c2ccccc2C[C@H]1C(=S)Nc1ccccc1. The molecule has 1 atom stereocenters. The Balaban J connectivity index is 1.79. The van der Waals surface area contributed by atoms with Gasteiger partial charge in [-0.3, -0.25) is 4.79 Å². The lowest BCUT2D eigenvalue weighted by atomic mass is 10.1. The van der Waals surface area contributed by atoms with E-state index in [1.54, 1.807) is 0 Å². The Hall–Kier alpha value is -2.00. The number of fused-ring (bicyclic) bond motifs is 1. The van der Waals surface area contributed by atoms with Gasteiger partial charge in [-0.2, -0.15) is 0 Å². The lowest BCUT2D eigenvalue weighted by molar-refractivity contribution is 0.0969. The lowest BCUT2D eigenvalue weighted by Gasteiger charge is -2.12. The predicted octanol–water partition coefficient (Wildman–Crippen LogP) is 3.48. The lowest BCUT2D eigenvalue weighted by Crippen LogP contribution is -2.25. The zero-order valence-corrected chi connectivity index (χ0v) is 11.1. The molecule has 2 aromatic carbocycles. The second-order valence-electron chi connectivity index (χ2n) is 4.63. The molecule has 94 valence electrons. The number of benzene rings is 2. The van der Waals surface area contributed by atoms with Gasteiger partial charge in [0.25, 0.3) is 0 Å². The molecule has 2 aromatic rings. The van der Waals surface area contributed by atoms with Gasteiger partial charge >= 0.3 is 0 Å². The van der Waals surface area contributed by atoms with Crippen LogP contribution in [0.25, 0.3) is 0 Å². The fourth-order valence-corrected chi connectivity index (χ4v) is 2.71. The number of thiocarbonyl (C=S) groups is 1. The van der Waals surface area contributed by atoms with Crippen molar-refractivity contribution in [2.45, 2.75) is 6.42 Å². The smallest absolute Gasteiger partial charge is 0.173 e. The summed E-state index contributed by atoms with van der Waals surface area (Å²) in [5, 5.41) is 3.16. The van der Waals surface area contributed by atoms with E-state index in [0.29, 0.717) is 11.4 Å². The summed E-state index contributed by atoms with van der Waals surface area (Å²) in [5.41, 5.74) is 2.83. The summed E-state index contributed by atoms with van der Waals surface area (Å²) in [6.07, 6.45) is 0.702. The summed E-state index contributed by atoms with van der Waals surface area (Å²) in [4.78, 5) is 12.9. The number of hydrogen-bond donors (Lipinski definition) is 1. The monoisotopic (exact) mass is 267 g/mol. The third-order valence-corrected chi connectivity index (χ3v) is 3.77. The Morgan fingerprint density at radius 3 is 2.47 bits per heavy atom. The number of carbonyl (C=O) groups excluding carboxylic acids is 1. The second kappa shape index (κ2) is 4.94. The molecule has 0 bridgehead atoms. The highest BCUT2D eigenvalue weighted by molar-refractivity contribution is 7.80. The average molecular weight is 267 g/mol. The van der Waals surface area contributed by atoms with E-state index in [1.807, 2.05) is 54.6 Å². The minimum Gasteiger partial charge on any atom is -0.349 e. The first-order valence-electron chi connectivity index (χ1n) is 6.24. The third kappa shape index (κ3) is 2.29. The number of nitrogens with one attached hydrogen (secondary N) is 1. The van der Waals surface area contributed by atoms with Gasteiger partial charge < -0.3 is 5.32 Å². The number of ketones is 1. The minimum absolute atomic E-state index is 0.129. The van der Waals surface area contributed by atoms with E-state index in [4.69, 9.17) is 12.2 Å². The molecule has 19 heavy (non-hydrogen) atoms. The molecule has 0 saturated carbocycles. The van der Waals surface area contributed by atoms with Crippen LogP contribution in [0, 0.1) is 5.92 Å². The fraction of sp³-hybridized carbons (Fsp3) is 0.125. The first-order valence-corrected chi connectivity index (χ1v) is 6.64. The number of para-hydroxylation sites is 1. The average Bonchev–Trinajstić information content (AvgIpc) is 2.78. The van der Waals surface area contributed by atoms with E-state index in [9.17, 15) is 4.79 Å². The molecule has 1 aliphatic rings. The van der Waals surface area contributed by atoms with Crippen molar-refractivity contribution in [3.8, 4) is 0 Å². The first-order chi connectivity index (χ1) is 9.25. The molecule has 0 amide bonds. The van der Waals surface area contributed by atoms with Crippen LogP contribution in [0.15, 0.2) is 54.6 Å². The summed E-state index contributed by atoms with van der Waals surface area (Å²) in [7, 11) is 0. The fourth-order valence-electron chi connectivity index (χ4n) is 2.40. The maximum absolute atomic E-state index is 12.3. The highest BCUT2D eigenvalue weighted by atomic mass is 32.1. The van der Waals surface area contributed by atoms with Gasteiger partial charge in [-0.15, -0.1) is 0 Å². The molecular formula is C16H13NOS. The molecule has 0 fully saturated rings. The number of rotatable bonds is 2. The molecule has 0 radical (unpaired) electrons. The van der Waals surface area contributed by atoms with E-state index in [0.717, 1.165) is 16.8 Å². The van der Waals surface area contributed by atoms with Gasteiger partial charge in [0, 0.05) is 11.3 Å². The molecule has 0 heterocycles. The molecule has 3 rings (SSSR count). The van der Waals surface area contributed by atoms with E-state index >= 15 is 0 Å². The van der Waals surface area contributed by atoms with Gasteiger partial charge in [0.2, 0.25) is 0 Å². The minimum atomic E-state index is -0.229. The Kier molecular flexibility index (Phi) is 3.13. The van der Waals surface area contributed by atoms with Crippen molar-refractivity contribution in [3.63, 3.8) is 0 Å². The standard InChI is InChI=1S/C16H13NOS/c18-15-13-9-5-4-6-11(13)10-14(15)16(19)17-12-7-2-1-3-8-12/h1-9,14H,10H2,(H,17,19)/t14-/m1/s1. The molecule has 0 unspecified atom stereocenters. The van der Waals surface area contributed by atoms with Gasteiger partial charge in [0.15, 0.2) is 5.78 Å². The summed E-state index contributed by atoms with van der Waals surface area (Å²) in [6, 6.07) is 17.4. The summed E-state index contributed by atoms with van der Waals surface area (Å²) in [6.45, 7) is 0. The molecule has 0 aromatic heterocycles.